The number of ketones is 2. The van der Waals surface area contributed by atoms with Crippen LogP contribution in [0.15, 0.2) is 47.4 Å². The summed E-state index contributed by atoms with van der Waals surface area (Å²) in [6.07, 6.45) is 0.557. The first-order valence-electron chi connectivity index (χ1n) is 9.61. The van der Waals surface area contributed by atoms with Crippen molar-refractivity contribution >= 4 is 21.4 Å². The first-order valence-corrected chi connectivity index (χ1v) is 11.5. The summed E-state index contributed by atoms with van der Waals surface area (Å²) in [5.74, 6) is -2.41. The third-order valence-electron chi connectivity index (χ3n) is 5.29. The zero-order chi connectivity index (χ0) is 22.1. The standard InChI is InChI=1S/C22H23FO6S/c1-3-18(24)22-19(25)10-14(11-20(22)26)13-5-4-6-15(9-13)29-21-8-7-16(12-17(21)23)30(2,27)28/h4-9,12,14,19,22,25H,3,10-11H2,1-2H3. The maximum Gasteiger partial charge on any atom is 0.175 e. The van der Waals surface area contributed by atoms with Crippen LogP contribution in [0.4, 0.5) is 4.39 Å². The number of carbonyl (C=O) groups is 2. The lowest BCUT2D eigenvalue weighted by atomic mass is 9.74. The summed E-state index contributed by atoms with van der Waals surface area (Å²) in [6.45, 7) is 1.66. The number of ether oxygens (including phenoxy) is 1. The van der Waals surface area contributed by atoms with Gasteiger partial charge in [-0.3, -0.25) is 9.59 Å². The van der Waals surface area contributed by atoms with Gasteiger partial charge in [0.15, 0.2) is 21.4 Å². The molecular weight excluding hydrogens is 411 g/mol. The molecule has 2 aromatic carbocycles. The zero-order valence-electron chi connectivity index (χ0n) is 16.7. The number of aliphatic hydroxyl groups excluding tert-OH is 1. The highest BCUT2D eigenvalue weighted by molar-refractivity contribution is 7.90. The van der Waals surface area contributed by atoms with Gasteiger partial charge in [0, 0.05) is 19.1 Å². The van der Waals surface area contributed by atoms with Crippen molar-refractivity contribution in [2.24, 2.45) is 5.92 Å². The van der Waals surface area contributed by atoms with Crippen LogP contribution < -0.4 is 4.74 Å². The fraction of sp³-hybridized carbons (Fsp3) is 0.364. The van der Waals surface area contributed by atoms with Gasteiger partial charge in [0.25, 0.3) is 0 Å². The van der Waals surface area contributed by atoms with Gasteiger partial charge in [-0.2, -0.15) is 0 Å². The Balaban J connectivity index is 1.79. The topological polar surface area (TPSA) is 97.7 Å². The van der Waals surface area contributed by atoms with E-state index in [4.69, 9.17) is 4.74 Å². The Bertz CT molecular complexity index is 1080. The Morgan fingerprint density at radius 3 is 2.57 bits per heavy atom. The summed E-state index contributed by atoms with van der Waals surface area (Å²) >= 11 is 0. The minimum atomic E-state index is -3.53. The van der Waals surface area contributed by atoms with E-state index in [1.165, 1.54) is 12.1 Å². The van der Waals surface area contributed by atoms with Crippen molar-refractivity contribution in [3.05, 3.63) is 53.8 Å². The van der Waals surface area contributed by atoms with Gasteiger partial charge in [-0.05, 0) is 48.2 Å². The molecule has 0 aliphatic heterocycles. The minimum Gasteiger partial charge on any atom is -0.454 e. The first-order chi connectivity index (χ1) is 14.1. The van der Waals surface area contributed by atoms with Crippen LogP contribution in [0.1, 0.15) is 37.7 Å². The molecule has 1 saturated carbocycles. The van der Waals surface area contributed by atoms with E-state index in [0.29, 0.717) is 5.75 Å². The Kier molecular flexibility index (Phi) is 6.38. The second-order valence-electron chi connectivity index (χ2n) is 7.51. The number of hydrogen-bond acceptors (Lipinski definition) is 6. The SMILES string of the molecule is CCC(=O)C1C(=O)CC(c2cccc(Oc3ccc(S(C)(=O)=O)cc3F)c2)CC1O. The molecule has 1 fully saturated rings. The molecule has 160 valence electrons. The lowest BCUT2D eigenvalue weighted by Gasteiger charge is -2.31. The molecule has 3 rings (SSSR count). The van der Waals surface area contributed by atoms with Crippen LogP contribution in [0.3, 0.4) is 0 Å². The van der Waals surface area contributed by atoms with Gasteiger partial charge in [-0.1, -0.05) is 19.1 Å². The number of aliphatic hydroxyl groups is 1. The van der Waals surface area contributed by atoms with Gasteiger partial charge in [0.05, 0.1) is 11.0 Å². The van der Waals surface area contributed by atoms with Gasteiger partial charge >= 0.3 is 0 Å². The van der Waals surface area contributed by atoms with Gasteiger partial charge in [0.1, 0.15) is 23.2 Å². The summed E-state index contributed by atoms with van der Waals surface area (Å²) < 4.78 is 42.9. The summed E-state index contributed by atoms with van der Waals surface area (Å²) in [6, 6.07) is 10.1. The molecule has 6 nitrogen and oxygen atoms in total. The average molecular weight is 434 g/mol. The lowest BCUT2D eigenvalue weighted by Crippen LogP contribution is -2.40. The largest absolute Gasteiger partial charge is 0.454 e. The highest BCUT2D eigenvalue weighted by Crippen LogP contribution is 2.37. The number of halogens is 1. The van der Waals surface area contributed by atoms with Crippen molar-refractivity contribution in [3.63, 3.8) is 0 Å². The van der Waals surface area contributed by atoms with E-state index in [1.54, 1.807) is 31.2 Å². The van der Waals surface area contributed by atoms with Crippen LogP contribution in [0.2, 0.25) is 0 Å². The predicted molar refractivity (Wildman–Crippen MR) is 108 cm³/mol. The number of rotatable bonds is 6. The summed E-state index contributed by atoms with van der Waals surface area (Å²) in [5, 5.41) is 10.3. The molecule has 1 N–H and O–H groups in total. The van der Waals surface area contributed by atoms with E-state index in [2.05, 4.69) is 0 Å². The summed E-state index contributed by atoms with van der Waals surface area (Å²) in [5.41, 5.74) is 0.732. The van der Waals surface area contributed by atoms with Crippen LogP contribution in [-0.2, 0) is 19.4 Å². The van der Waals surface area contributed by atoms with Gasteiger partial charge in [0.2, 0.25) is 0 Å². The molecule has 3 unspecified atom stereocenters. The second kappa shape index (κ2) is 8.65. The van der Waals surface area contributed by atoms with Crippen LogP contribution in [0.25, 0.3) is 0 Å². The smallest absolute Gasteiger partial charge is 0.175 e. The summed E-state index contributed by atoms with van der Waals surface area (Å²) in [4.78, 5) is 24.2. The Morgan fingerprint density at radius 1 is 1.23 bits per heavy atom. The van der Waals surface area contributed by atoms with E-state index < -0.39 is 27.7 Å². The molecule has 0 heterocycles. The molecular formula is C22H23FO6S. The van der Waals surface area contributed by atoms with Gasteiger partial charge in [-0.25, -0.2) is 12.8 Å². The van der Waals surface area contributed by atoms with Gasteiger partial charge < -0.3 is 9.84 Å². The molecule has 0 bridgehead atoms. The van der Waals surface area contributed by atoms with Crippen LogP contribution >= 0.6 is 0 Å². The highest BCUT2D eigenvalue weighted by atomic mass is 32.2. The van der Waals surface area contributed by atoms with Crippen molar-refractivity contribution in [1.29, 1.82) is 0 Å². The number of carbonyl (C=O) groups excluding carboxylic acids is 2. The molecule has 30 heavy (non-hydrogen) atoms. The van der Waals surface area contributed by atoms with E-state index in [9.17, 15) is 27.5 Å². The average Bonchev–Trinajstić information content (AvgIpc) is 2.68. The Labute approximate surface area is 174 Å². The maximum atomic E-state index is 14.3. The Hall–Kier alpha value is -2.58. The minimum absolute atomic E-state index is 0.132. The lowest BCUT2D eigenvalue weighted by molar-refractivity contribution is -0.140. The van der Waals surface area contributed by atoms with E-state index >= 15 is 0 Å². The number of sulfone groups is 1. The van der Waals surface area contributed by atoms with Crippen molar-refractivity contribution in [1.82, 2.24) is 0 Å². The normalized spacial score (nSPS) is 22.0. The quantitative estimate of drug-likeness (QED) is 0.700. The first kappa shape index (κ1) is 22.1. The summed E-state index contributed by atoms with van der Waals surface area (Å²) in [7, 11) is -3.53. The Morgan fingerprint density at radius 2 is 1.97 bits per heavy atom. The number of Topliss-reactive ketones (excluding diaryl/α,β-unsaturated/α-hetero) is 2. The van der Waals surface area contributed by atoms with E-state index in [0.717, 1.165) is 17.9 Å². The van der Waals surface area contributed by atoms with E-state index in [-0.39, 0.29) is 47.4 Å². The van der Waals surface area contributed by atoms with Crippen molar-refractivity contribution in [3.8, 4) is 11.5 Å². The molecule has 1 aliphatic carbocycles. The molecule has 3 atom stereocenters. The van der Waals surface area contributed by atoms with Crippen LogP contribution in [0.5, 0.6) is 11.5 Å². The monoisotopic (exact) mass is 434 g/mol. The highest BCUT2D eigenvalue weighted by Gasteiger charge is 2.39. The molecule has 8 heteroatoms. The third kappa shape index (κ3) is 4.76. The number of hydrogen-bond donors (Lipinski definition) is 1. The van der Waals surface area contributed by atoms with E-state index in [1.807, 2.05) is 0 Å². The fourth-order valence-electron chi connectivity index (χ4n) is 3.72. The molecule has 0 aromatic heterocycles. The molecule has 0 saturated heterocycles. The molecule has 2 aromatic rings. The van der Waals surface area contributed by atoms with Crippen molar-refractivity contribution in [2.45, 2.75) is 43.1 Å². The number of benzene rings is 2. The van der Waals surface area contributed by atoms with Crippen molar-refractivity contribution in [2.75, 3.05) is 6.26 Å². The molecule has 1 aliphatic rings. The predicted octanol–water partition coefficient (Wildman–Crippen LogP) is 3.42. The van der Waals surface area contributed by atoms with Crippen LogP contribution in [-0.4, -0.2) is 37.5 Å². The van der Waals surface area contributed by atoms with Gasteiger partial charge in [-0.15, -0.1) is 0 Å². The van der Waals surface area contributed by atoms with Crippen molar-refractivity contribution < 1.29 is 32.2 Å². The molecule has 0 amide bonds. The second-order valence-corrected chi connectivity index (χ2v) is 9.52. The molecule has 0 spiro atoms. The van der Waals surface area contributed by atoms with Crippen LogP contribution in [0, 0.1) is 11.7 Å². The zero-order valence-corrected chi connectivity index (χ0v) is 17.5. The maximum absolute atomic E-state index is 14.3. The molecule has 0 radical (unpaired) electrons. The third-order valence-corrected chi connectivity index (χ3v) is 6.40. The fourth-order valence-corrected chi connectivity index (χ4v) is 4.35.